The molecule has 1 aliphatic rings. The molecule has 2 heterocycles. The molecule has 0 bridgehead atoms. The molecular weight excluding hydrogens is 348 g/mol. The predicted octanol–water partition coefficient (Wildman–Crippen LogP) is 3.82. The maximum Gasteiger partial charge on any atom is 0.324 e. The van der Waals surface area contributed by atoms with E-state index >= 15 is 0 Å². The van der Waals surface area contributed by atoms with E-state index in [9.17, 15) is 9.59 Å². The van der Waals surface area contributed by atoms with Gasteiger partial charge in [-0.05, 0) is 44.5 Å². The Kier molecular flexibility index (Phi) is 5.29. The Bertz CT molecular complexity index is 818. The number of anilines is 2. The summed E-state index contributed by atoms with van der Waals surface area (Å²) in [6.07, 6.45) is 1.89. The zero-order valence-corrected chi connectivity index (χ0v) is 16.0. The van der Waals surface area contributed by atoms with Gasteiger partial charge in [0.05, 0.1) is 5.56 Å². The van der Waals surface area contributed by atoms with E-state index in [0.717, 1.165) is 23.3 Å². The third-order valence-corrected chi connectivity index (χ3v) is 6.17. The number of fused-ring (bicyclic) bond motifs is 1. The lowest BCUT2D eigenvalue weighted by molar-refractivity contribution is 0.0994. The Morgan fingerprint density at radius 1 is 1.27 bits per heavy atom. The van der Waals surface area contributed by atoms with Crippen molar-refractivity contribution in [2.45, 2.75) is 38.8 Å². The van der Waals surface area contributed by atoms with Crippen LogP contribution in [0.15, 0.2) is 30.3 Å². The summed E-state index contributed by atoms with van der Waals surface area (Å²) in [5, 5.41) is 6.11. The summed E-state index contributed by atoms with van der Waals surface area (Å²) >= 11 is 1.45. The largest absolute Gasteiger partial charge is 0.365 e. The van der Waals surface area contributed by atoms with Crippen molar-refractivity contribution in [3.05, 3.63) is 46.3 Å². The number of amides is 3. The van der Waals surface area contributed by atoms with Crippen LogP contribution in [0.1, 0.15) is 47.1 Å². The van der Waals surface area contributed by atoms with Gasteiger partial charge in [-0.3, -0.25) is 15.0 Å². The molecule has 0 aliphatic carbocycles. The topological polar surface area (TPSA) is 87.5 Å². The summed E-state index contributed by atoms with van der Waals surface area (Å²) in [6.45, 7) is 4.24. The van der Waals surface area contributed by atoms with Gasteiger partial charge in [-0.15, -0.1) is 11.3 Å². The highest BCUT2D eigenvalue weighted by atomic mass is 32.1. The number of rotatable bonds is 4. The summed E-state index contributed by atoms with van der Waals surface area (Å²) in [6, 6.07) is 9.29. The average molecular weight is 372 g/mol. The first-order valence-corrected chi connectivity index (χ1v) is 9.54. The van der Waals surface area contributed by atoms with Crippen LogP contribution < -0.4 is 16.4 Å². The fourth-order valence-corrected chi connectivity index (χ4v) is 4.88. The maximum absolute atomic E-state index is 12.4. The Balaban J connectivity index is 1.90. The number of carbonyl (C=O) groups is 2. The van der Waals surface area contributed by atoms with Gasteiger partial charge in [0.15, 0.2) is 0 Å². The number of nitrogens with zero attached hydrogens (tertiary/aromatic N) is 1. The van der Waals surface area contributed by atoms with E-state index in [2.05, 4.69) is 36.4 Å². The van der Waals surface area contributed by atoms with Crippen molar-refractivity contribution < 1.29 is 9.59 Å². The predicted molar refractivity (Wildman–Crippen MR) is 106 cm³/mol. The van der Waals surface area contributed by atoms with Gasteiger partial charge >= 0.3 is 6.03 Å². The maximum atomic E-state index is 12.4. The Labute approximate surface area is 157 Å². The number of likely N-dealkylation sites (N-methyl/N-ethyl adjacent to an activating group) is 1. The smallest absolute Gasteiger partial charge is 0.324 e. The van der Waals surface area contributed by atoms with Crippen molar-refractivity contribution in [1.82, 2.24) is 4.90 Å². The molecular formula is C19H24N4O2S. The molecule has 26 heavy (non-hydrogen) atoms. The van der Waals surface area contributed by atoms with Gasteiger partial charge in [0, 0.05) is 22.6 Å². The van der Waals surface area contributed by atoms with Gasteiger partial charge in [-0.25, -0.2) is 4.79 Å². The number of para-hydroxylation sites is 1. The molecule has 2 aromatic rings. The molecule has 1 aromatic carbocycles. The van der Waals surface area contributed by atoms with Crippen LogP contribution in [-0.4, -0.2) is 29.9 Å². The van der Waals surface area contributed by atoms with Gasteiger partial charge in [-0.1, -0.05) is 25.1 Å². The van der Waals surface area contributed by atoms with Gasteiger partial charge in [0.25, 0.3) is 5.91 Å². The number of hydrogen-bond acceptors (Lipinski definition) is 4. The molecule has 2 atom stereocenters. The molecule has 1 aliphatic heterocycles. The van der Waals surface area contributed by atoms with Crippen LogP contribution in [0.25, 0.3) is 0 Å². The molecule has 4 N–H and O–H groups in total. The second-order valence-electron chi connectivity index (χ2n) is 6.56. The monoisotopic (exact) mass is 372 g/mol. The number of thiophene rings is 1. The Hall–Kier alpha value is -2.38. The van der Waals surface area contributed by atoms with E-state index in [1.165, 1.54) is 11.3 Å². The molecule has 0 radical (unpaired) electrons. The molecule has 6 nitrogen and oxygen atoms in total. The lowest BCUT2D eigenvalue weighted by Gasteiger charge is -2.37. The van der Waals surface area contributed by atoms with Crippen LogP contribution >= 0.6 is 11.3 Å². The van der Waals surface area contributed by atoms with Gasteiger partial charge < -0.3 is 11.1 Å². The number of hydrogen-bond donors (Lipinski definition) is 3. The first-order chi connectivity index (χ1) is 12.4. The third kappa shape index (κ3) is 3.45. The number of nitrogens with two attached hydrogens (primary N) is 1. The molecule has 0 saturated heterocycles. The normalized spacial score (nSPS) is 19.7. The van der Waals surface area contributed by atoms with Gasteiger partial charge in [-0.2, -0.15) is 0 Å². The van der Waals surface area contributed by atoms with Crippen LogP contribution in [-0.2, 0) is 6.42 Å². The summed E-state index contributed by atoms with van der Waals surface area (Å²) in [5.41, 5.74) is 7.73. The van der Waals surface area contributed by atoms with Crippen molar-refractivity contribution in [3.8, 4) is 0 Å². The lowest BCUT2D eigenvalue weighted by atomic mass is 9.91. The van der Waals surface area contributed by atoms with Crippen molar-refractivity contribution >= 4 is 34.0 Å². The number of urea groups is 1. The van der Waals surface area contributed by atoms with E-state index in [0.29, 0.717) is 22.3 Å². The minimum atomic E-state index is -0.507. The molecule has 0 spiro atoms. The highest BCUT2D eigenvalue weighted by Gasteiger charge is 2.35. The average Bonchev–Trinajstić information content (AvgIpc) is 2.97. The first-order valence-electron chi connectivity index (χ1n) is 8.72. The zero-order valence-electron chi connectivity index (χ0n) is 15.2. The highest BCUT2D eigenvalue weighted by Crippen LogP contribution is 2.43. The van der Waals surface area contributed by atoms with Crippen LogP contribution in [0.3, 0.4) is 0 Å². The van der Waals surface area contributed by atoms with E-state index in [4.69, 9.17) is 5.73 Å². The molecule has 1 aromatic heterocycles. The molecule has 3 rings (SSSR count). The van der Waals surface area contributed by atoms with E-state index in [1.54, 1.807) is 12.1 Å². The van der Waals surface area contributed by atoms with Crippen molar-refractivity contribution in [2.75, 3.05) is 17.7 Å². The molecule has 2 unspecified atom stereocenters. The molecule has 7 heteroatoms. The summed E-state index contributed by atoms with van der Waals surface area (Å²) in [7, 11) is 2.07. The van der Waals surface area contributed by atoms with E-state index in [1.807, 2.05) is 18.2 Å². The van der Waals surface area contributed by atoms with E-state index in [-0.39, 0.29) is 12.1 Å². The van der Waals surface area contributed by atoms with Crippen molar-refractivity contribution in [1.29, 1.82) is 0 Å². The third-order valence-electron chi connectivity index (χ3n) is 5.02. The first kappa shape index (κ1) is 18.4. The minimum absolute atomic E-state index is 0.0789. The van der Waals surface area contributed by atoms with E-state index < -0.39 is 5.91 Å². The molecule has 138 valence electrons. The number of carbonyl (C=O) groups excluding carboxylic acids is 2. The fourth-order valence-electron chi connectivity index (χ4n) is 3.51. The van der Waals surface area contributed by atoms with Crippen LogP contribution in [0, 0.1) is 0 Å². The Morgan fingerprint density at radius 2 is 1.96 bits per heavy atom. The second-order valence-corrected chi connectivity index (χ2v) is 7.67. The molecule has 0 saturated carbocycles. The quantitative estimate of drug-likeness (QED) is 0.762. The summed E-state index contributed by atoms with van der Waals surface area (Å²) in [4.78, 5) is 27.9. The standard InChI is InChI=1S/C19H24N4O2S/c1-4-13-10-14-15(11(2)23(13)3)16(17(20)24)18(26-14)22-19(25)21-12-8-6-5-7-9-12/h5-9,11,13H,4,10H2,1-3H3,(H2,20,24)(H2,21,22,25). The fraction of sp³-hybridized carbons (Fsp3) is 0.368. The SMILES string of the molecule is CCC1Cc2sc(NC(=O)Nc3ccccc3)c(C(N)=O)c2C(C)N1C. The molecule has 0 fully saturated rings. The minimum Gasteiger partial charge on any atom is -0.365 e. The second kappa shape index (κ2) is 7.47. The van der Waals surface area contributed by atoms with Crippen LogP contribution in [0.5, 0.6) is 0 Å². The summed E-state index contributed by atoms with van der Waals surface area (Å²) in [5.74, 6) is -0.507. The number of nitrogens with one attached hydrogen (secondary N) is 2. The van der Waals surface area contributed by atoms with Crippen molar-refractivity contribution in [2.24, 2.45) is 5.73 Å². The summed E-state index contributed by atoms with van der Waals surface area (Å²) < 4.78 is 0. The van der Waals surface area contributed by atoms with Crippen molar-refractivity contribution in [3.63, 3.8) is 0 Å². The van der Waals surface area contributed by atoms with Crippen LogP contribution in [0.2, 0.25) is 0 Å². The number of primary amides is 1. The lowest BCUT2D eigenvalue weighted by Crippen LogP contribution is -2.39. The van der Waals surface area contributed by atoms with Gasteiger partial charge in [0.1, 0.15) is 5.00 Å². The highest BCUT2D eigenvalue weighted by molar-refractivity contribution is 7.17. The Morgan fingerprint density at radius 3 is 2.58 bits per heavy atom. The number of benzene rings is 1. The van der Waals surface area contributed by atoms with Crippen LogP contribution in [0.4, 0.5) is 15.5 Å². The van der Waals surface area contributed by atoms with Gasteiger partial charge in [0.2, 0.25) is 0 Å². The molecule has 3 amide bonds. The zero-order chi connectivity index (χ0) is 18.8.